The highest BCUT2D eigenvalue weighted by molar-refractivity contribution is 5.91. The summed E-state index contributed by atoms with van der Waals surface area (Å²) in [6.07, 6.45) is 1.24. The smallest absolute Gasteiger partial charge is 0.345 e. The first-order chi connectivity index (χ1) is 9.70. The molecule has 0 saturated heterocycles. The zero-order valence-electron chi connectivity index (χ0n) is 11.0. The average molecular weight is 273 g/mol. The molecule has 0 bridgehead atoms. The Bertz CT molecular complexity index is 587. The molecule has 2 aromatic rings. The van der Waals surface area contributed by atoms with Gasteiger partial charge in [0.25, 0.3) is 0 Å². The Morgan fingerprint density at radius 1 is 1.35 bits per heavy atom. The molecule has 0 amide bonds. The van der Waals surface area contributed by atoms with E-state index in [1.165, 1.54) is 6.20 Å². The van der Waals surface area contributed by atoms with Crippen molar-refractivity contribution in [2.24, 2.45) is 0 Å². The highest BCUT2D eigenvalue weighted by atomic mass is 16.5. The van der Waals surface area contributed by atoms with E-state index >= 15 is 0 Å². The Kier molecular flexibility index (Phi) is 4.49. The topological polar surface area (TPSA) is 84.3 Å². The number of esters is 1. The fourth-order valence-electron chi connectivity index (χ4n) is 1.59. The fourth-order valence-corrected chi connectivity index (χ4v) is 1.59. The van der Waals surface area contributed by atoms with Crippen molar-refractivity contribution in [2.75, 3.05) is 11.9 Å². The molecule has 0 saturated carbocycles. The van der Waals surface area contributed by atoms with E-state index < -0.39 is 11.8 Å². The molecule has 6 nitrogen and oxygen atoms in total. The molecule has 0 radical (unpaired) electrons. The van der Waals surface area contributed by atoms with Gasteiger partial charge in [-0.05, 0) is 12.5 Å². The van der Waals surface area contributed by atoms with Gasteiger partial charge in [-0.15, -0.1) is 0 Å². The van der Waals surface area contributed by atoms with Crippen molar-refractivity contribution in [3.05, 3.63) is 47.7 Å². The van der Waals surface area contributed by atoms with Crippen LogP contribution in [0.2, 0.25) is 0 Å². The van der Waals surface area contributed by atoms with Gasteiger partial charge >= 0.3 is 5.97 Å². The molecule has 0 aliphatic rings. The van der Waals surface area contributed by atoms with Crippen LogP contribution < -0.4 is 5.32 Å². The molecule has 2 rings (SSSR count). The Labute approximate surface area is 116 Å². The summed E-state index contributed by atoms with van der Waals surface area (Å²) in [5.41, 5.74) is 1.02. The van der Waals surface area contributed by atoms with Crippen LogP contribution in [0.4, 0.5) is 5.95 Å². The van der Waals surface area contributed by atoms with E-state index in [1.54, 1.807) is 6.92 Å². The fraction of sp³-hybridized carbons (Fsp3) is 0.214. The minimum Gasteiger partial charge on any atom is -0.493 e. The highest BCUT2D eigenvalue weighted by Crippen LogP contribution is 2.16. The molecule has 0 atom stereocenters. The van der Waals surface area contributed by atoms with E-state index in [-0.39, 0.29) is 18.1 Å². The third-order valence-corrected chi connectivity index (χ3v) is 2.56. The van der Waals surface area contributed by atoms with E-state index in [0.717, 1.165) is 5.56 Å². The Morgan fingerprint density at radius 3 is 2.75 bits per heavy atom. The number of hydrogen-bond acceptors (Lipinski definition) is 6. The Morgan fingerprint density at radius 2 is 2.10 bits per heavy atom. The van der Waals surface area contributed by atoms with Gasteiger partial charge in [0.2, 0.25) is 11.8 Å². The number of ether oxygens (including phenoxy) is 1. The lowest BCUT2D eigenvalue weighted by atomic mass is 10.2. The number of anilines is 1. The third-order valence-electron chi connectivity index (χ3n) is 2.56. The zero-order chi connectivity index (χ0) is 14.4. The molecule has 6 heteroatoms. The lowest BCUT2D eigenvalue weighted by Gasteiger charge is -2.07. The van der Waals surface area contributed by atoms with E-state index in [9.17, 15) is 9.90 Å². The molecule has 1 aromatic heterocycles. The van der Waals surface area contributed by atoms with Crippen LogP contribution in [0.3, 0.4) is 0 Å². The molecule has 0 aliphatic carbocycles. The Balaban J connectivity index is 2.04. The minimum absolute atomic E-state index is 0.0443. The first kappa shape index (κ1) is 13.8. The number of carbonyl (C=O) groups is 1. The van der Waals surface area contributed by atoms with Crippen LogP contribution in [0.1, 0.15) is 22.8 Å². The first-order valence-electron chi connectivity index (χ1n) is 6.21. The van der Waals surface area contributed by atoms with Gasteiger partial charge in [0.1, 0.15) is 5.56 Å². The van der Waals surface area contributed by atoms with Gasteiger partial charge in [0.05, 0.1) is 12.8 Å². The van der Waals surface area contributed by atoms with Crippen molar-refractivity contribution in [2.45, 2.75) is 13.5 Å². The Hall–Kier alpha value is -2.63. The highest BCUT2D eigenvalue weighted by Gasteiger charge is 2.14. The summed E-state index contributed by atoms with van der Waals surface area (Å²) in [6, 6.07) is 9.71. The van der Waals surface area contributed by atoms with E-state index in [1.807, 2.05) is 30.3 Å². The summed E-state index contributed by atoms with van der Waals surface area (Å²) in [4.78, 5) is 19.3. The predicted molar refractivity (Wildman–Crippen MR) is 73.4 cm³/mol. The molecule has 2 N–H and O–H groups in total. The number of hydrogen-bond donors (Lipinski definition) is 2. The number of nitrogens with zero attached hydrogens (tertiary/aromatic N) is 2. The van der Waals surface area contributed by atoms with Gasteiger partial charge in [0.15, 0.2) is 0 Å². The molecule has 104 valence electrons. The second-order valence-electron chi connectivity index (χ2n) is 3.99. The summed E-state index contributed by atoms with van der Waals surface area (Å²) in [7, 11) is 0. The summed E-state index contributed by atoms with van der Waals surface area (Å²) >= 11 is 0. The summed E-state index contributed by atoms with van der Waals surface area (Å²) < 4.78 is 4.78. The van der Waals surface area contributed by atoms with Gasteiger partial charge in [0, 0.05) is 6.54 Å². The van der Waals surface area contributed by atoms with E-state index in [0.29, 0.717) is 6.54 Å². The van der Waals surface area contributed by atoms with Gasteiger partial charge in [-0.2, -0.15) is 4.98 Å². The van der Waals surface area contributed by atoms with E-state index in [2.05, 4.69) is 15.3 Å². The molecule has 1 heterocycles. The van der Waals surface area contributed by atoms with Gasteiger partial charge < -0.3 is 15.2 Å². The minimum atomic E-state index is -0.639. The number of carbonyl (C=O) groups excluding carboxylic acids is 1. The van der Waals surface area contributed by atoms with Gasteiger partial charge in [-0.25, -0.2) is 9.78 Å². The van der Waals surface area contributed by atoms with Crippen LogP contribution >= 0.6 is 0 Å². The third kappa shape index (κ3) is 3.44. The van der Waals surface area contributed by atoms with Crippen LogP contribution in [-0.4, -0.2) is 27.7 Å². The van der Waals surface area contributed by atoms with Crippen molar-refractivity contribution in [1.82, 2.24) is 9.97 Å². The SMILES string of the molecule is CCOC(=O)c1cnc(NCc2ccccc2)nc1O. The van der Waals surface area contributed by atoms with Crippen LogP contribution in [0.5, 0.6) is 5.88 Å². The standard InChI is InChI=1S/C14H15N3O3/c1-2-20-13(19)11-9-16-14(17-12(11)18)15-8-10-6-4-3-5-7-10/h3-7,9H,2,8H2,1H3,(H2,15,16,17,18). The van der Waals surface area contributed by atoms with Crippen molar-refractivity contribution >= 4 is 11.9 Å². The second-order valence-corrected chi connectivity index (χ2v) is 3.99. The van der Waals surface area contributed by atoms with Crippen LogP contribution in [-0.2, 0) is 11.3 Å². The summed E-state index contributed by atoms with van der Waals surface area (Å²) in [6.45, 7) is 2.44. The zero-order valence-corrected chi connectivity index (χ0v) is 11.0. The summed E-state index contributed by atoms with van der Waals surface area (Å²) in [5.74, 6) is -0.784. The predicted octanol–water partition coefficient (Wildman–Crippen LogP) is 1.97. The second kappa shape index (κ2) is 6.51. The number of aromatic nitrogens is 2. The molecule has 0 spiro atoms. The van der Waals surface area contributed by atoms with Crippen molar-refractivity contribution < 1.29 is 14.6 Å². The van der Waals surface area contributed by atoms with Crippen molar-refractivity contribution in [3.63, 3.8) is 0 Å². The maximum absolute atomic E-state index is 11.5. The molecule has 0 fully saturated rings. The van der Waals surface area contributed by atoms with E-state index in [4.69, 9.17) is 4.74 Å². The normalized spacial score (nSPS) is 10.1. The quantitative estimate of drug-likeness (QED) is 0.810. The average Bonchev–Trinajstić information content (AvgIpc) is 2.46. The number of nitrogens with one attached hydrogen (secondary N) is 1. The maximum Gasteiger partial charge on any atom is 0.345 e. The molecule has 1 aromatic carbocycles. The summed E-state index contributed by atoms with van der Waals surface area (Å²) in [5, 5.41) is 12.7. The van der Waals surface area contributed by atoms with Gasteiger partial charge in [-0.3, -0.25) is 0 Å². The number of aromatic hydroxyl groups is 1. The lowest BCUT2D eigenvalue weighted by Crippen LogP contribution is -2.09. The monoisotopic (exact) mass is 273 g/mol. The number of rotatable bonds is 5. The van der Waals surface area contributed by atoms with Crippen molar-refractivity contribution in [3.8, 4) is 5.88 Å². The molecular formula is C14H15N3O3. The van der Waals surface area contributed by atoms with Crippen LogP contribution in [0.15, 0.2) is 36.5 Å². The van der Waals surface area contributed by atoms with Crippen LogP contribution in [0.25, 0.3) is 0 Å². The molecule has 20 heavy (non-hydrogen) atoms. The lowest BCUT2D eigenvalue weighted by molar-refractivity contribution is 0.0521. The largest absolute Gasteiger partial charge is 0.493 e. The first-order valence-corrected chi connectivity index (χ1v) is 6.21. The maximum atomic E-state index is 11.5. The van der Waals surface area contributed by atoms with Gasteiger partial charge in [-0.1, -0.05) is 30.3 Å². The number of benzene rings is 1. The van der Waals surface area contributed by atoms with Crippen molar-refractivity contribution in [1.29, 1.82) is 0 Å². The molecular weight excluding hydrogens is 258 g/mol. The molecule has 0 aliphatic heterocycles. The van der Waals surface area contributed by atoms with Crippen LogP contribution in [0, 0.1) is 0 Å². The molecule has 0 unspecified atom stereocenters.